The number of hydrogen-bond donors (Lipinski definition) is 1. The van der Waals surface area contributed by atoms with Crippen molar-refractivity contribution in [1.82, 2.24) is 9.88 Å². The Morgan fingerprint density at radius 2 is 2.14 bits per heavy atom. The smallest absolute Gasteiger partial charge is 0.246 e. The van der Waals surface area contributed by atoms with E-state index in [1.165, 1.54) is 6.08 Å². The van der Waals surface area contributed by atoms with Gasteiger partial charge in [0.2, 0.25) is 11.8 Å². The summed E-state index contributed by atoms with van der Waals surface area (Å²) in [5, 5.41) is 3.77. The number of likely N-dealkylation sites (tertiary alicyclic amines) is 1. The molecule has 0 radical (unpaired) electrons. The van der Waals surface area contributed by atoms with Crippen LogP contribution in [-0.4, -0.2) is 40.9 Å². The molecule has 0 saturated carbocycles. The van der Waals surface area contributed by atoms with Crippen LogP contribution in [-0.2, 0) is 16.0 Å². The van der Waals surface area contributed by atoms with E-state index in [1.54, 1.807) is 23.4 Å². The van der Waals surface area contributed by atoms with Crippen molar-refractivity contribution in [2.75, 3.05) is 18.4 Å². The first kappa shape index (κ1) is 17.5. The van der Waals surface area contributed by atoms with Gasteiger partial charge in [0.1, 0.15) is 11.9 Å². The van der Waals surface area contributed by atoms with E-state index in [0.717, 1.165) is 16.5 Å². The summed E-state index contributed by atoms with van der Waals surface area (Å²) in [7, 11) is 0. The van der Waals surface area contributed by atoms with E-state index in [-0.39, 0.29) is 23.8 Å². The maximum absolute atomic E-state index is 12.4. The number of nitrogens with one attached hydrogen (secondary N) is 1. The molecule has 3 aromatic rings. The highest BCUT2D eigenvalue weighted by Crippen LogP contribution is 2.29. The number of benzene rings is 1. The minimum absolute atomic E-state index is 0.0704. The number of carbonyl (C=O) groups is 2. The highest BCUT2D eigenvalue weighted by Gasteiger charge is 2.32. The second-order valence-electron chi connectivity index (χ2n) is 7.25. The van der Waals surface area contributed by atoms with Crippen molar-refractivity contribution < 1.29 is 18.7 Å². The number of pyridine rings is 1. The van der Waals surface area contributed by atoms with Crippen LogP contribution in [0.4, 0.5) is 5.82 Å². The molecule has 5 rings (SSSR count). The molecule has 1 saturated heterocycles. The van der Waals surface area contributed by atoms with Gasteiger partial charge >= 0.3 is 0 Å². The topological polar surface area (TPSA) is 84.7 Å². The molecule has 0 bridgehead atoms. The molecule has 7 nitrogen and oxygen atoms in total. The number of fused-ring (bicyclic) bond motifs is 2. The summed E-state index contributed by atoms with van der Waals surface area (Å²) in [4.78, 5) is 30.5. The van der Waals surface area contributed by atoms with Gasteiger partial charge in [-0.05, 0) is 36.3 Å². The van der Waals surface area contributed by atoms with Crippen LogP contribution in [0.3, 0.4) is 0 Å². The van der Waals surface area contributed by atoms with Crippen molar-refractivity contribution in [3.05, 3.63) is 66.6 Å². The van der Waals surface area contributed by atoms with Crippen molar-refractivity contribution in [2.24, 2.45) is 5.92 Å². The number of carbonyl (C=O) groups excluding carboxylic acids is 2. The van der Waals surface area contributed by atoms with Crippen LogP contribution in [0.15, 0.2) is 65.4 Å². The van der Waals surface area contributed by atoms with Crippen LogP contribution in [0.1, 0.15) is 5.56 Å². The maximum Gasteiger partial charge on any atom is 0.246 e. The molecule has 4 heterocycles. The van der Waals surface area contributed by atoms with Gasteiger partial charge in [-0.15, -0.1) is 0 Å². The van der Waals surface area contributed by atoms with E-state index in [1.807, 2.05) is 36.4 Å². The summed E-state index contributed by atoms with van der Waals surface area (Å²) >= 11 is 0. The van der Waals surface area contributed by atoms with Gasteiger partial charge < -0.3 is 19.4 Å². The van der Waals surface area contributed by atoms with E-state index in [2.05, 4.69) is 10.3 Å². The summed E-state index contributed by atoms with van der Waals surface area (Å²) in [5.74, 6) is 0.650. The van der Waals surface area contributed by atoms with Gasteiger partial charge in [-0.2, -0.15) is 0 Å². The minimum Gasteiger partial charge on any atom is -0.483 e. The average molecular weight is 389 g/mol. The lowest BCUT2D eigenvalue weighted by molar-refractivity contribution is -0.134. The number of para-hydroxylation sites is 1. The highest BCUT2D eigenvalue weighted by atomic mass is 16.5. The Hall–Kier alpha value is -3.61. The number of amides is 2. The third-order valence-corrected chi connectivity index (χ3v) is 5.28. The molecule has 0 aliphatic carbocycles. The predicted octanol–water partition coefficient (Wildman–Crippen LogP) is 2.78. The summed E-state index contributed by atoms with van der Waals surface area (Å²) in [6, 6.07) is 11.4. The molecule has 1 N–H and O–H groups in total. The maximum atomic E-state index is 12.4. The van der Waals surface area contributed by atoms with E-state index >= 15 is 0 Å². The zero-order valence-corrected chi connectivity index (χ0v) is 15.6. The van der Waals surface area contributed by atoms with Crippen molar-refractivity contribution >= 4 is 28.6 Å². The second-order valence-corrected chi connectivity index (χ2v) is 7.25. The number of rotatable bonds is 4. The van der Waals surface area contributed by atoms with Gasteiger partial charge in [-0.1, -0.05) is 24.3 Å². The monoisotopic (exact) mass is 389 g/mol. The van der Waals surface area contributed by atoms with Gasteiger partial charge in [-0.3, -0.25) is 9.59 Å². The Morgan fingerprint density at radius 1 is 1.24 bits per heavy atom. The normalized spacial score (nSPS) is 19.1. The Bertz CT molecular complexity index is 1110. The Morgan fingerprint density at radius 3 is 3.03 bits per heavy atom. The van der Waals surface area contributed by atoms with Crippen LogP contribution < -0.4 is 10.1 Å². The third-order valence-electron chi connectivity index (χ3n) is 5.28. The molecule has 2 aliphatic rings. The second kappa shape index (κ2) is 7.09. The minimum atomic E-state index is -0.375. The van der Waals surface area contributed by atoms with Crippen molar-refractivity contribution in [2.45, 2.75) is 12.5 Å². The van der Waals surface area contributed by atoms with Gasteiger partial charge in [-0.25, -0.2) is 4.98 Å². The number of aromatic nitrogens is 1. The van der Waals surface area contributed by atoms with Crippen molar-refractivity contribution in [1.29, 1.82) is 0 Å². The molecule has 1 unspecified atom stereocenters. The Kier molecular flexibility index (Phi) is 4.27. The van der Waals surface area contributed by atoms with E-state index < -0.39 is 0 Å². The number of anilines is 1. The predicted molar refractivity (Wildman–Crippen MR) is 106 cm³/mol. The fraction of sp³-hybridized carbons (Fsp3) is 0.227. The molecule has 1 atom stereocenters. The molecule has 7 heteroatoms. The van der Waals surface area contributed by atoms with Gasteiger partial charge in [0, 0.05) is 11.6 Å². The van der Waals surface area contributed by atoms with Crippen LogP contribution in [0.2, 0.25) is 0 Å². The van der Waals surface area contributed by atoms with Gasteiger partial charge in [0.25, 0.3) is 0 Å². The lowest BCUT2D eigenvalue weighted by Crippen LogP contribution is -2.55. The van der Waals surface area contributed by atoms with E-state index in [0.29, 0.717) is 31.1 Å². The summed E-state index contributed by atoms with van der Waals surface area (Å²) in [5.41, 5.74) is 1.69. The third kappa shape index (κ3) is 3.35. The summed E-state index contributed by atoms with van der Waals surface area (Å²) in [6.07, 6.45) is 6.90. The molecule has 2 aliphatic heterocycles. The molecule has 2 aromatic heterocycles. The van der Waals surface area contributed by atoms with Gasteiger partial charge in [0.05, 0.1) is 25.3 Å². The highest BCUT2D eigenvalue weighted by molar-refractivity contribution is 5.97. The lowest BCUT2D eigenvalue weighted by Gasteiger charge is -2.38. The number of ether oxygens (including phenoxy) is 1. The molecule has 2 amide bonds. The molecule has 0 spiro atoms. The zero-order chi connectivity index (χ0) is 19.8. The van der Waals surface area contributed by atoms with Crippen molar-refractivity contribution in [3.63, 3.8) is 0 Å². The number of furan rings is 1. The van der Waals surface area contributed by atoms with Crippen LogP contribution in [0.25, 0.3) is 11.0 Å². The number of nitrogens with zero attached hydrogens (tertiary/aromatic N) is 2. The SMILES string of the molecule is O=C1Nc2ncccc2CC1C=CC(=O)N1CC(Oc2cccc3ccoc23)C1. The van der Waals surface area contributed by atoms with Crippen molar-refractivity contribution in [3.8, 4) is 5.75 Å². The summed E-state index contributed by atoms with van der Waals surface area (Å²) in [6.45, 7) is 1.01. The van der Waals surface area contributed by atoms with Crippen LogP contribution in [0, 0.1) is 5.92 Å². The first-order valence-electron chi connectivity index (χ1n) is 9.52. The Labute approximate surface area is 167 Å². The zero-order valence-electron chi connectivity index (χ0n) is 15.6. The fourth-order valence-corrected chi connectivity index (χ4v) is 3.64. The van der Waals surface area contributed by atoms with E-state index in [9.17, 15) is 9.59 Å². The average Bonchev–Trinajstić information content (AvgIpc) is 3.18. The Balaban J connectivity index is 1.17. The molecule has 146 valence electrons. The molecular formula is C22H19N3O4. The molecule has 29 heavy (non-hydrogen) atoms. The summed E-state index contributed by atoms with van der Waals surface area (Å²) < 4.78 is 11.4. The van der Waals surface area contributed by atoms with Crippen LogP contribution in [0.5, 0.6) is 5.75 Å². The molecular weight excluding hydrogens is 370 g/mol. The first-order chi connectivity index (χ1) is 14.2. The molecule has 1 aromatic carbocycles. The molecule has 1 fully saturated rings. The largest absolute Gasteiger partial charge is 0.483 e. The standard InChI is InChI=1S/C22H19N3O4/c26-19(7-6-16-11-15-4-2-9-23-21(15)24-22(16)27)25-12-17(13-25)29-18-5-1-3-14-8-10-28-20(14)18/h1-10,16-17H,11-13H2,(H,23,24,27). The number of hydrogen-bond acceptors (Lipinski definition) is 5. The van der Waals surface area contributed by atoms with Crippen LogP contribution >= 0.6 is 0 Å². The first-order valence-corrected chi connectivity index (χ1v) is 9.52. The van der Waals surface area contributed by atoms with E-state index in [4.69, 9.17) is 9.15 Å². The lowest BCUT2D eigenvalue weighted by atomic mass is 9.94. The quantitative estimate of drug-likeness (QED) is 0.694. The fourth-order valence-electron chi connectivity index (χ4n) is 3.64. The van der Waals surface area contributed by atoms with Gasteiger partial charge in [0.15, 0.2) is 11.3 Å².